The number of nitrogens with zero attached hydrogens (tertiary/aromatic N) is 1. The Bertz CT molecular complexity index is 1270. The summed E-state index contributed by atoms with van der Waals surface area (Å²) in [7, 11) is 0. The van der Waals surface area contributed by atoms with E-state index in [1.807, 2.05) is 0 Å². The van der Waals surface area contributed by atoms with Crippen LogP contribution in [0.25, 0.3) is 10.8 Å². The van der Waals surface area contributed by atoms with E-state index in [0.29, 0.717) is 10.9 Å². The van der Waals surface area contributed by atoms with Crippen molar-refractivity contribution in [3.8, 4) is 11.5 Å². The van der Waals surface area contributed by atoms with E-state index in [1.54, 1.807) is 44.2 Å². The molecule has 0 aliphatic carbocycles. The predicted molar refractivity (Wildman–Crippen MR) is 120 cm³/mol. The van der Waals surface area contributed by atoms with Crippen LogP contribution in [-0.4, -0.2) is 37.6 Å². The molecule has 0 unspecified atom stereocenters. The van der Waals surface area contributed by atoms with Gasteiger partial charge in [-0.3, -0.25) is 14.4 Å². The minimum Gasteiger partial charge on any atom is -0.492 e. The van der Waals surface area contributed by atoms with Gasteiger partial charge in [0.1, 0.15) is 11.5 Å². The van der Waals surface area contributed by atoms with Gasteiger partial charge in [-0.15, -0.1) is 0 Å². The molecule has 0 bridgehead atoms. The maximum Gasteiger partial charge on any atom is 0.387 e. The second-order valence-corrected chi connectivity index (χ2v) is 7.36. The van der Waals surface area contributed by atoms with Crippen LogP contribution in [0.15, 0.2) is 48.5 Å². The lowest BCUT2D eigenvalue weighted by atomic mass is 9.99. The Morgan fingerprint density at radius 3 is 2.03 bits per heavy atom. The molecule has 0 aromatic heterocycles. The highest BCUT2D eigenvalue weighted by Crippen LogP contribution is 2.46. The summed E-state index contributed by atoms with van der Waals surface area (Å²) < 4.78 is 42.0. The number of ether oxygens (including phenoxy) is 3. The molecule has 0 spiro atoms. The fourth-order valence-electron chi connectivity index (χ4n) is 3.98. The van der Waals surface area contributed by atoms with E-state index in [4.69, 9.17) is 14.2 Å². The molecule has 176 valence electrons. The fourth-order valence-corrected chi connectivity index (χ4v) is 3.98. The van der Waals surface area contributed by atoms with Gasteiger partial charge in [0, 0.05) is 10.8 Å². The highest BCUT2D eigenvalue weighted by Gasteiger charge is 2.44. The second kappa shape index (κ2) is 9.46. The van der Waals surface area contributed by atoms with Gasteiger partial charge in [0.15, 0.2) is 0 Å². The van der Waals surface area contributed by atoms with Crippen molar-refractivity contribution in [2.45, 2.75) is 26.9 Å². The van der Waals surface area contributed by atoms with Gasteiger partial charge in [-0.25, -0.2) is 4.90 Å². The first-order valence-corrected chi connectivity index (χ1v) is 10.7. The normalized spacial score (nSPS) is 12.9. The number of benzene rings is 3. The number of esters is 1. The van der Waals surface area contributed by atoms with E-state index in [0.717, 1.165) is 4.90 Å². The van der Waals surface area contributed by atoms with Crippen molar-refractivity contribution in [1.82, 2.24) is 0 Å². The summed E-state index contributed by atoms with van der Waals surface area (Å²) in [6, 6.07) is 12.6. The molecule has 34 heavy (non-hydrogen) atoms. The predicted octanol–water partition coefficient (Wildman–Crippen LogP) is 4.75. The molecule has 2 amide bonds. The largest absolute Gasteiger partial charge is 0.492 e. The third kappa shape index (κ3) is 4.05. The SMILES string of the molecule is CCOC(=O)Cc1ccc(N2C(=O)c3c(c(OC(F)F)c4ccccc4c3OCC)C2=O)cc1. The standard InChI is InChI=1S/C25H21F2NO6/c1-3-32-18(29)13-14-9-11-15(12-10-14)28-23(30)19-20(24(28)31)22(34-25(26)27)17-8-6-5-7-16(17)21(19)33-4-2/h5-12,25H,3-4,13H2,1-2H3. The van der Waals surface area contributed by atoms with Crippen LogP contribution in [0.5, 0.6) is 11.5 Å². The Kier molecular flexibility index (Phi) is 6.45. The Hall–Kier alpha value is -4.01. The van der Waals surface area contributed by atoms with Crippen LogP contribution >= 0.6 is 0 Å². The van der Waals surface area contributed by atoms with Gasteiger partial charge in [-0.1, -0.05) is 36.4 Å². The molecule has 0 saturated carbocycles. The average Bonchev–Trinajstić information content (AvgIpc) is 3.07. The van der Waals surface area contributed by atoms with E-state index in [-0.39, 0.29) is 53.3 Å². The van der Waals surface area contributed by atoms with Gasteiger partial charge in [0.2, 0.25) is 0 Å². The van der Waals surface area contributed by atoms with Gasteiger partial charge in [-0.05, 0) is 31.5 Å². The summed E-state index contributed by atoms with van der Waals surface area (Å²) >= 11 is 0. The first-order valence-electron chi connectivity index (χ1n) is 10.7. The monoisotopic (exact) mass is 469 g/mol. The quantitative estimate of drug-likeness (QED) is 0.350. The topological polar surface area (TPSA) is 82.1 Å². The molecule has 0 saturated heterocycles. The minimum absolute atomic E-state index is 0.0303. The lowest BCUT2D eigenvalue weighted by molar-refractivity contribution is -0.142. The molecule has 0 atom stereocenters. The summed E-state index contributed by atoms with van der Waals surface area (Å²) in [5.74, 6) is -2.16. The van der Waals surface area contributed by atoms with Gasteiger partial charge >= 0.3 is 12.6 Å². The number of amides is 2. The first kappa shape index (κ1) is 23.2. The van der Waals surface area contributed by atoms with Crippen LogP contribution in [0.1, 0.15) is 40.1 Å². The van der Waals surface area contributed by atoms with Crippen LogP contribution in [0.2, 0.25) is 0 Å². The zero-order chi connectivity index (χ0) is 24.4. The van der Waals surface area contributed by atoms with Gasteiger partial charge in [0.25, 0.3) is 11.8 Å². The Morgan fingerprint density at radius 1 is 0.882 bits per heavy atom. The van der Waals surface area contributed by atoms with E-state index >= 15 is 0 Å². The van der Waals surface area contributed by atoms with Crippen LogP contribution in [0.3, 0.4) is 0 Å². The van der Waals surface area contributed by atoms with Crippen LogP contribution in [0.4, 0.5) is 14.5 Å². The number of carbonyl (C=O) groups is 3. The zero-order valence-corrected chi connectivity index (χ0v) is 18.5. The summed E-state index contributed by atoms with van der Waals surface area (Å²) in [6.45, 7) is 0.659. The minimum atomic E-state index is -3.20. The van der Waals surface area contributed by atoms with Crippen molar-refractivity contribution >= 4 is 34.2 Å². The highest BCUT2D eigenvalue weighted by molar-refractivity contribution is 6.38. The fraction of sp³-hybridized carbons (Fsp3) is 0.240. The summed E-state index contributed by atoms with van der Waals surface area (Å²) in [5, 5.41) is 0.615. The number of rotatable bonds is 8. The highest BCUT2D eigenvalue weighted by atomic mass is 19.3. The molecule has 1 aliphatic heterocycles. The molecular weight excluding hydrogens is 448 g/mol. The maximum absolute atomic E-state index is 13.4. The van der Waals surface area contributed by atoms with Crippen molar-refractivity contribution in [2.75, 3.05) is 18.1 Å². The smallest absolute Gasteiger partial charge is 0.387 e. The Morgan fingerprint density at radius 2 is 1.47 bits per heavy atom. The third-order valence-corrected chi connectivity index (χ3v) is 5.30. The zero-order valence-electron chi connectivity index (χ0n) is 18.5. The van der Waals surface area contributed by atoms with Crippen molar-refractivity contribution in [3.63, 3.8) is 0 Å². The number of hydrogen-bond acceptors (Lipinski definition) is 6. The van der Waals surface area contributed by atoms with Crippen molar-refractivity contribution in [1.29, 1.82) is 0 Å². The summed E-state index contributed by atoms with van der Waals surface area (Å²) in [5.41, 5.74) is 0.439. The van der Waals surface area contributed by atoms with E-state index in [2.05, 4.69) is 0 Å². The lowest BCUT2D eigenvalue weighted by Gasteiger charge is -2.16. The number of hydrogen-bond donors (Lipinski definition) is 0. The van der Waals surface area contributed by atoms with E-state index in [9.17, 15) is 23.2 Å². The van der Waals surface area contributed by atoms with Crippen LogP contribution in [-0.2, 0) is 16.0 Å². The molecule has 0 N–H and O–H groups in total. The van der Waals surface area contributed by atoms with Crippen molar-refractivity contribution in [3.05, 3.63) is 65.2 Å². The van der Waals surface area contributed by atoms with Crippen LogP contribution in [0, 0.1) is 0 Å². The average molecular weight is 469 g/mol. The summed E-state index contributed by atoms with van der Waals surface area (Å²) in [6.07, 6.45) is 0.0303. The first-order chi connectivity index (χ1) is 16.4. The molecule has 1 heterocycles. The Balaban J connectivity index is 1.82. The molecule has 7 nitrogen and oxygen atoms in total. The molecule has 1 aliphatic rings. The van der Waals surface area contributed by atoms with Crippen molar-refractivity contribution in [2.24, 2.45) is 0 Å². The number of imide groups is 1. The number of anilines is 1. The van der Waals surface area contributed by atoms with Gasteiger partial charge in [0.05, 0.1) is 36.4 Å². The maximum atomic E-state index is 13.4. The van der Waals surface area contributed by atoms with Crippen LogP contribution < -0.4 is 14.4 Å². The summed E-state index contributed by atoms with van der Waals surface area (Å²) in [4.78, 5) is 39.5. The molecule has 0 radical (unpaired) electrons. The Labute approximate surface area is 193 Å². The number of carbonyl (C=O) groups excluding carboxylic acids is 3. The van der Waals surface area contributed by atoms with E-state index < -0.39 is 24.4 Å². The number of halogens is 2. The second-order valence-electron chi connectivity index (χ2n) is 7.36. The van der Waals surface area contributed by atoms with Gasteiger partial charge < -0.3 is 14.2 Å². The number of fused-ring (bicyclic) bond motifs is 2. The van der Waals surface area contributed by atoms with Gasteiger partial charge in [-0.2, -0.15) is 8.78 Å². The molecular formula is C25H21F2NO6. The third-order valence-electron chi connectivity index (χ3n) is 5.30. The molecule has 9 heteroatoms. The molecule has 4 rings (SSSR count). The van der Waals surface area contributed by atoms with Crippen molar-refractivity contribution < 1.29 is 37.4 Å². The number of alkyl halides is 2. The molecule has 0 fully saturated rings. The molecule has 3 aromatic rings. The van der Waals surface area contributed by atoms with E-state index in [1.165, 1.54) is 18.2 Å². The molecule has 3 aromatic carbocycles. The lowest BCUT2D eigenvalue weighted by Crippen LogP contribution is -2.29.